The van der Waals surface area contributed by atoms with E-state index in [9.17, 15) is 0 Å². The molecule has 0 aliphatic heterocycles. The van der Waals surface area contributed by atoms with Gasteiger partial charge in [0, 0.05) is 12.1 Å². The van der Waals surface area contributed by atoms with Crippen LogP contribution in [0.2, 0.25) is 0 Å². The van der Waals surface area contributed by atoms with E-state index in [0.717, 1.165) is 24.3 Å². The lowest BCUT2D eigenvalue weighted by Gasteiger charge is -2.16. The van der Waals surface area contributed by atoms with E-state index >= 15 is 0 Å². The van der Waals surface area contributed by atoms with Gasteiger partial charge in [0.25, 0.3) is 0 Å². The normalized spacial score (nSPS) is 10.5. The number of benzene rings is 2. The highest BCUT2D eigenvalue weighted by Gasteiger charge is 2.15. The molecule has 0 aromatic heterocycles. The number of unbranched alkanes of at least 4 members (excludes halogenated alkanes) is 1. The Hall–Kier alpha value is -2.44. The molecule has 6 nitrogen and oxygen atoms in total. The van der Waals surface area contributed by atoms with E-state index in [-0.39, 0.29) is 17.2 Å². The lowest BCUT2D eigenvalue weighted by atomic mass is 10.2. The minimum atomic E-state index is 0.144. The fourth-order valence-electron chi connectivity index (χ4n) is 2.74. The summed E-state index contributed by atoms with van der Waals surface area (Å²) in [6.45, 7) is 5.30. The largest absolute Gasteiger partial charge is 0.494 e. The fraction of sp³-hybridized carbons (Fsp3) is 0.417. The fourth-order valence-corrected chi connectivity index (χ4v) is 2.86. The second-order valence-electron chi connectivity index (χ2n) is 7.00. The maximum Gasteiger partial charge on any atom is 0.203 e. The van der Waals surface area contributed by atoms with Gasteiger partial charge in [-0.25, -0.2) is 0 Å². The van der Waals surface area contributed by atoms with E-state index in [1.54, 1.807) is 32.4 Å². The van der Waals surface area contributed by atoms with E-state index < -0.39 is 0 Å². The molecule has 0 spiro atoms. The molecule has 0 unspecified atom stereocenters. The first-order valence-corrected chi connectivity index (χ1v) is 11.1. The highest BCUT2D eigenvalue weighted by molar-refractivity contribution is 6.55. The van der Waals surface area contributed by atoms with Crippen LogP contribution >= 0.6 is 23.2 Å². The summed E-state index contributed by atoms with van der Waals surface area (Å²) in [5.74, 6) is 3.75. The molecule has 0 aliphatic carbocycles. The van der Waals surface area contributed by atoms with Crippen molar-refractivity contribution in [1.29, 1.82) is 0 Å². The Morgan fingerprint density at radius 2 is 1.38 bits per heavy atom. The highest BCUT2D eigenvalue weighted by Crippen LogP contribution is 2.41. The summed E-state index contributed by atoms with van der Waals surface area (Å²) in [6.07, 6.45) is 3.33. The highest BCUT2D eigenvalue weighted by atomic mass is 35.5. The van der Waals surface area contributed by atoms with Crippen molar-refractivity contribution in [2.24, 2.45) is 0 Å². The summed E-state index contributed by atoms with van der Waals surface area (Å²) >= 11 is 11.2. The van der Waals surface area contributed by atoms with Gasteiger partial charge >= 0.3 is 0 Å². The molecule has 176 valence electrons. The first-order chi connectivity index (χ1) is 15.4. The van der Waals surface area contributed by atoms with E-state index in [2.05, 4.69) is 0 Å². The van der Waals surface area contributed by atoms with Gasteiger partial charge in [-0.3, -0.25) is 0 Å². The lowest BCUT2D eigenvalue weighted by Crippen LogP contribution is -2.06. The third-order valence-electron chi connectivity index (χ3n) is 4.17. The third-order valence-corrected chi connectivity index (χ3v) is 4.48. The van der Waals surface area contributed by atoms with Crippen molar-refractivity contribution in [3.8, 4) is 34.5 Å². The number of rotatable bonds is 14. The molecule has 32 heavy (non-hydrogen) atoms. The van der Waals surface area contributed by atoms with Crippen molar-refractivity contribution < 1.29 is 28.4 Å². The van der Waals surface area contributed by atoms with Gasteiger partial charge in [0.15, 0.2) is 11.5 Å². The second kappa shape index (κ2) is 13.9. The van der Waals surface area contributed by atoms with Crippen LogP contribution in [0.3, 0.4) is 0 Å². The number of hydrogen-bond acceptors (Lipinski definition) is 6. The molecule has 0 N–H and O–H groups in total. The summed E-state index contributed by atoms with van der Waals surface area (Å²) in [6, 6.07) is 11.1. The number of hydrogen-bond donors (Lipinski definition) is 0. The number of ether oxygens (including phenoxy) is 6. The molecule has 2 aromatic rings. The molecule has 8 heteroatoms. The van der Waals surface area contributed by atoms with Crippen molar-refractivity contribution in [1.82, 2.24) is 0 Å². The number of halogens is 2. The summed E-state index contributed by atoms with van der Waals surface area (Å²) in [4.78, 5) is 0. The molecule has 0 aliphatic rings. The minimum absolute atomic E-state index is 0.144. The van der Waals surface area contributed by atoms with Crippen molar-refractivity contribution in [2.75, 3.05) is 34.0 Å². The summed E-state index contributed by atoms with van der Waals surface area (Å²) < 4.78 is 33.9. The Balaban J connectivity index is 1.80. The molecule has 0 fully saturated rings. The molecule has 0 amide bonds. The molecular formula is C24H30Cl2O6. The predicted octanol–water partition coefficient (Wildman–Crippen LogP) is 6.43. The van der Waals surface area contributed by atoms with Crippen LogP contribution in [-0.2, 0) is 0 Å². The second-order valence-corrected chi connectivity index (χ2v) is 8.01. The lowest BCUT2D eigenvalue weighted by molar-refractivity contribution is 0.240. The smallest absolute Gasteiger partial charge is 0.203 e. The van der Waals surface area contributed by atoms with Crippen LogP contribution in [0.1, 0.15) is 26.7 Å². The predicted molar refractivity (Wildman–Crippen MR) is 127 cm³/mol. The average Bonchev–Trinajstić information content (AvgIpc) is 2.76. The van der Waals surface area contributed by atoms with Gasteiger partial charge in [-0.1, -0.05) is 23.2 Å². The van der Waals surface area contributed by atoms with Crippen LogP contribution in [0, 0.1) is 0 Å². The molecule has 0 radical (unpaired) electrons. The molecule has 0 heterocycles. The molecule has 0 saturated carbocycles. The Bertz CT molecular complexity index is 823. The van der Waals surface area contributed by atoms with Gasteiger partial charge in [-0.2, -0.15) is 0 Å². The monoisotopic (exact) mass is 484 g/mol. The van der Waals surface area contributed by atoms with Crippen molar-refractivity contribution in [3.63, 3.8) is 0 Å². The van der Waals surface area contributed by atoms with E-state index in [0.29, 0.717) is 36.2 Å². The summed E-state index contributed by atoms with van der Waals surface area (Å²) in [5, 5.41) is 0. The van der Waals surface area contributed by atoms with Gasteiger partial charge in [-0.05, 0) is 57.0 Å². The topological polar surface area (TPSA) is 55.4 Å². The van der Waals surface area contributed by atoms with Crippen LogP contribution in [0.4, 0.5) is 0 Å². The molecule has 2 rings (SSSR count). The zero-order valence-electron chi connectivity index (χ0n) is 18.9. The van der Waals surface area contributed by atoms with Crippen molar-refractivity contribution >= 4 is 23.2 Å². The van der Waals surface area contributed by atoms with Crippen LogP contribution in [0.25, 0.3) is 0 Å². The van der Waals surface area contributed by atoms with Gasteiger partial charge in [0.1, 0.15) is 28.3 Å². The SMILES string of the molecule is COc1cc(OCC=C(Cl)Cl)cc(OC)c1OCCCCOc1ccc(OC(C)C)cc1. The zero-order chi connectivity index (χ0) is 23.3. The first kappa shape index (κ1) is 25.8. The first-order valence-electron chi connectivity index (χ1n) is 10.3. The van der Waals surface area contributed by atoms with Gasteiger partial charge < -0.3 is 28.4 Å². The number of methoxy groups -OCH3 is 2. The van der Waals surface area contributed by atoms with Crippen molar-refractivity contribution in [2.45, 2.75) is 32.8 Å². The molecular weight excluding hydrogens is 455 g/mol. The van der Waals surface area contributed by atoms with E-state index in [4.69, 9.17) is 51.6 Å². The Morgan fingerprint density at radius 3 is 1.91 bits per heavy atom. The molecule has 2 aromatic carbocycles. The maximum atomic E-state index is 5.92. The Morgan fingerprint density at radius 1 is 0.812 bits per heavy atom. The minimum Gasteiger partial charge on any atom is -0.494 e. The Kier molecular flexibility index (Phi) is 11.2. The van der Waals surface area contributed by atoms with Gasteiger partial charge in [0.2, 0.25) is 5.75 Å². The quantitative estimate of drug-likeness (QED) is 0.288. The average molecular weight is 485 g/mol. The van der Waals surface area contributed by atoms with Crippen LogP contribution < -0.4 is 28.4 Å². The van der Waals surface area contributed by atoms with Crippen LogP contribution in [0.5, 0.6) is 34.5 Å². The van der Waals surface area contributed by atoms with Gasteiger partial charge in [-0.15, -0.1) is 0 Å². The molecule has 0 saturated heterocycles. The standard InChI is InChI=1S/C24H30Cl2O6/c1-17(2)32-19-9-7-18(8-10-19)29-12-5-6-13-31-24-21(27-3)15-20(16-22(24)28-4)30-14-11-23(25)26/h7-11,15-17H,5-6,12-14H2,1-4H3. The maximum absolute atomic E-state index is 5.92. The van der Waals surface area contributed by atoms with Crippen LogP contribution in [-0.4, -0.2) is 40.1 Å². The Labute approximate surface area is 199 Å². The van der Waals surface area contributed by atoms with E-state index in [1.807, 2.05) is 38.1 Å². The third kappa shape index (κ3) is 8.97. The zero-order valence-corrected chi connectivity index (χ0v) is 20.4. The summed E-state index contributed by atoms with van der Waals surface area (Å²) in [5.41, 5.74) is 0. The summed E-state index contributed by atoms with van der Waals surface area (Å²) in [7, 11) is 3.12. The van der Waals surface area contributed by atoms with E-state index in [1.165, 1.54) is 0 Å². The van der Waals surface area contributed by atoms with Crippen LogP contribution in [0.15, 0.2) is 47.0 Å². The molecule has 0 atom stereocenters. The van der Waals surface area contributed by atoms with Crippen molar-refractivity contribution in [3.05, 3.63) is 47.0 Å². The molecule has 0 bridgehead atoms. The van der Waals surface area contributed by atoms with Gasteiger partial charge in [0.05, 0.1) is 33.5 Å².